The molecule has 1 saturated heterocycles. The van der Waals surface area contributed by atoms with Crippen molar-refractivity contribution in [1.29, 1.82) is 0 Å². The van der Waals surface area contributed by atoms with E-state index in [4.69, 9.17) is 0 Å². The molecule has 1 amide bonds. The van der Waals surface area contributed by atoms with Crippen molar-refractivity contribution in [3.8, 4) is 0 Å². The SMILES string of the molecule is CN1CCN(C(=O)C2=CC=CNC2)CC1. The van der Waals surface area contributed by atoms with Crippen molar-refractivity contribution in [3.05, 3.63) is 23.9 Å². The minimum atomic E-state index is 0.181. The summed E-state index contributed by atoms with van der Waals surface area (Å²) < 4.78 is 0. The number of amides is 1. The van der Waals surface area contributed by atoms with Gasteiger partial charge in [0.2, 0.25) is 0 Å². The summed E-state index contributed by atoms with van der Waals surface area (Å²) in [6.07, 6.45) is 5.64. The molecule has 1 N–H and O–H groups in total. The Hall–Kier alpha value is -1.29. The van der Waals surface area contributed by atoms with Crippen LogP contribution in [0.25, 0.3) is 0 Å². The van der Waals surface area contributed by atoms with Gasteiger partial charge in [-0.05, 0) is 19.3 Å². The van der Waals surface area contributed by atoms with E-state index in [2.05, 4.69) is 17.3 Å². The standard InChI is InChI=1S/C11H17N3O/c1-13-5-7-14(8-6-13)11(15)10-3-2-4-12-9-10/h2-4,12H,5-9H2,1H3. The number of nitrogens with zero attached hydrogens (tertiary/aromatic N) is 2. The molecule has 2 rings (SSSR count). The molecular weight excluding hydrogens is 190 g/mol. The Morgan fingerprint density at radius 2 is 2.07 bits per heavy atom. The molecule has 2 heterocycles. The molecular formula is C11H17N3O. The van der Waals surface area contributed by atoms with Crippen LogP contribution in [0.2, 0.25) is 0 Å². The third-order valence-electron chi connectivity index (χ3n) is 2.87. The minimum Gasteiger partial charge on any atom is -0.387 e. The Kier molecular flexibility index (Phi) is 3.06. The number of dihydropyridines is 1. The van der Waals surface area contributed by atoms with E-state index in [9.17, 15) is 4.79 Å². The summed E-state index contributed by atoms with van der Waals surface area (Å²) in [5.74, 6) is 0.181. The lowest BCUT2D eigenvalue weighted by atomic mass is 10.1. The van der Waals surface area contributed by atoms with Crippen molar-refractivity contribution in [2.75, 3.05) is 39.8 Å². The van der Waals surface area contributed by atoms with Crippen LogP contribution in [0.1, 0.15) is 0 Å². The van der Waals surface area contributed by atoms with Crippen LogP contribution in [0.5, 0.6) is 0 Å². The topological polar surface area (TPSA) is 35.6 Å². The Labute approximate surface area is 90.2 Å². The van der Waals surface area contributed by atoms with Crippen LogP contribution in [-0.4, -0.2) is 55.5 Å². The van der Waals surface area contributed by atoms with Gasteiger partial charge < -0.3 is 15.1 Å². The number of carbonyl (C=O) groups is 1. The molecule has 2 aliphatic rings. The second kappa shape index (κ2) is 4.49. The molecule has 0 radical (unpaired) electrons. The van der Waals surface area contributed by atoms with E-state index in [1.54, 1.807) is 0 Å². The summed E-state index contributed by atoms with van der Waals surface area (Å²) in [7, 11) is 2.09. The number of allylic oxidation sites excluding steroid dienone is 2. The van der Waals surface area contributed by atoms with Crippen LogP contribution in [0.3, 0.4) is 0 Å². The first kappa shape index (κ1) is 10.2. The number of hydrogen-bond donors (Lipinski definition) is 1. The quantitative estimate of drug-likeness (QED) is 0.647. The van der Waals surface area contributed by atoms with Crippen molar-refractivity contribution < 1.29 is 4.79 Å². The fraction of sp³-hybridized carbons (Fsp3) is 0.545. The van der Waals surface area contributed by atoms with E-state index in [1.807, 2.05) is 23.3 Å². The molecule has 0 atom stereocenters. The fourth-order valence-electron chi connectivity index (χ4n) is 1.82. The van der Waals surface area contributed by atoms with E-state index in [1.165, 1.54) is 0 Å². The van der Waals surface area contributed by atoms with E-state index >= 15 is 0 Å². The van der Waals surface area contributed by atoms with Crippen molar-refractivity contribution >= 4 is 5.91 Å². The summed E-state index contributed by atoms with van der Waals surface area (Å²) >= 11 is 0. The molecule has 4 heteroatoms. The zero-order valence-corrected chi connectivity index (χ0v) is 9.07. The highest BCUT2D eigenvalue weighted by Crippen LogP contribution is 2.07. The first-order valence-corrected chi connectivity index (χ1v) is 5.34. The van der Waals surface area contributed by atoms with Crippen molar-refractivity contribution in [2.24, 2.45) is 0 Å². The molecule has 0 unspecified atom stereocenters. The number of hydrogen-bond acceptors (Lipinski definition) is 3. The van der Waals surface area contributed by atoms with Gasteiger partial charge in [-0.25, -0.2) is 0 Å². The summed E-state index contributed by atoms with van der Waals surface area (Å²) in [5, 5.41) is 3.06. The molecule has 0 aromatic carbocycles. The van der Waals surface area contributed by atoms with E-state index in [-0.39, 0.29) is 5.91 Å². The van der Waals surface area contributed by atoms with Crippen LogP contribution >= 0.6 is 0 Å². The second-order valence-corrected chi connectivity index (χ2v) is 4.03. The highest BCUT2D eigenvalue weighted by atomic mass is 16.2. The second-order valence-electron chi connectivity index (χ2n) is 4.03. The normalized spacial score (nSPS) is 22.2. The van der Waals surface area contributed by atoms with E-state index in [0.717, 1.165) is 31.8 Å². The zero-order chi connectivity index (χ0) is 10.7. The van der Waals surface area contributed by atoms with Gasteiger partial charge in [-0.1, -0.05) is 6.08 Å². The van der Waals surface area contributed by atoms with Gasteiger partial charge in [0.25, 0.3) is 5.91 Å². The molecule has 0 aromatic rings. The lowest BCUT2D eigenvalue weighted by molar-refractivity contribution is -0.128. The summed E-state index contributed by atoms with van der Waals surface area (Å²) in [6, 6.07) is 0. The third kappa shape index (κ3) is 2.39. The Bertz CT molecular complexity index is 301. The number of carbonyl (C=O) groups excluding carboxylic acids is 1. The Balaban J connectivity index is 1.96. The predicted octanol–water partition coefficient (Wildman–Crippen LogP) is -0.196. The molecule has 4 nitrogen and oxygen atoms in total. The Morgan fingerprint density at radius 1 is 1.33 bits per heavy atom. The summed E-state index contributed by atoms with van der Waals surface area (Å²) in [4.78, 5) is 16.2. The van der Waals surface area contributed by atoms with E-state index in [0.29, 0.717) is 6.54 Å². The maximum Gasteiger partial charge on any atom is 0.251 e. The maximum absolute atomic E-state index is 12.0. The number of piperazine rings is 1. The third-order valence-corrected chi connectivity index (χ3v) is 2.87. The molecule has 0 aromatic heterocycles. The van der Waals surface area contributed by atoms with Crippen LogP contribution in [0, 0.1) is 0 Å². The van der Waals surface area contributed by atoms with Crippen molar-refractivity contribution in [2.45, 2.75) is 0 Å². The van der Waals surface area contributed by atoms with Crippen LogP contribution < -0.4 is 5.32 Å². The molecule has 0 saturated carbocycles. The minimum absolute atomic E-state index is 0.181. The first-order valence-electron chi connectivity index (χ1n) is 5.34. The van der Waals surface area contributed by atoms with Crippen LogP contribution in [-0.2, 0) is 4.79 Å². The highest BCUT2D eigenvalue weighted by molar-refractivity contribution is 5.94. The number of rotatable bonds is 1. The van der Waals surface area contributed by atoms with Gasteiger partial charge in [-0.2, -0.15) is 0 Å². The highest BCUT2D eigenvalue weighted by Gasteiger charge is 2.21. The van der Waals surface area contributed by atoms with Gasteiger partial charge in [0, 0.05) is 38.3 Å². The molecule has 0 bridgehead atoms. The van der Waals surface area contributed by atoms with Gasteiger partial charge in [-0.15, -0.1) is 0 Å². The van der Waals surface area contributed by atoms with Crippen LogP contribution in [0.4, 0.5) is 0 Å². The average molecular weight is 207 g/mol. The van der Waals surface area contributed by atoms with Gasteiger partial charge in [-0.3, -0.25) is 4.79 Å². The van der Waals surface area contributed by atoms with E-state index < -0.39 is 0 Å². The number of likely N-dealkylation sites (N-methyl/N-ethyl adjacent to an activating group) is 1. The molecule has 2 aliphatic heterocycles. The Morgan fingerprint density at radius 3 is 2.67 bits per heavy atom. The molecule has 0 spiro atoms. The van der Waals surface area contributed by atoms with Crippen molar-refractivity contribution in [3.63, 3.8) is 0 Å². The molecule has 82 valence electrons. The van der Waals surface area contributed by atoms with Gasteiger partial charge in [0.05, 0.1) is 0 Å². The predicted molar refractivity (Wildman–Crippen MR) is 59.3 cm³/mol. The lowest BCUT2D eigenvalue weighted by Gasteiger charge is -2.33. The first-order chi connectivity index (χ1) is 7.27. The largest absolute Gasteiger partial charge is 0.387 e. The smallest absolute Gasteiger partial charge is 0.251 e. The lowest BCUT2D eigenvalue weighted by Crippen LogP contribution is -2.48. The van der Waals surface area contributed by atoms with Crippen molar-refractivity contribution in [1.82, 2.24) is 15.1 Å². The maximum atomic E-state index is 12.0. The summed E-state index contributed by atoms with van der Waals surface area (Å²) in [6.45, 7) is 4.29. The molecule has 15 heavy (non-hydrogen) atoms. The zero-order valence-electron chi connectivity index (χ0n) is 9.07. The van der Waals surface area contributed by atoms with Gasteiger partial charge >= 0.3 is 0 Å². The fourth-order valence-corrected chi connectivity index (χ4v) is 1.82. The van der Waals surface area contributed by atoms with Crippen LogP contribution in [0.15, 0.2) is 23.9 Å². The summed E-state index contributed by atoms with van der Waals surface area (Å²) in [5.41, 5.74) is 0.863. The van der Waals surface area contributed by atoms with Gasteiger partial charge in [0.15, 0.2) is 0 Å². The number of nitrogens with one attached hydrogen (secondary N) is 1. The monoisotopic (exact) mass is 207 g/mol. The average Bonchev–Trinajstić information content (AvgIpc) is 2.30. The van der Waals surface area contributed by atoms with Gasteiger partial charge in [0.1, 0.15) is 0 Å². The molecule has 1 fully saturated rings. The molecule has 0 aliphatic carbocycles.